The summed E-state index contributed by atoms with van der Waals surface area (Å²) in [6.45, 7) is 3.71. The number of rotatable bonds is 3. The van der Waals surface area contributed by atoms with Crippen LogP contribution in [0.15, 0.2) is 45.9 Å². The minimum atomic E-state index is -3.60. The maximum absolute atomic E-state index is 12.3. The third kappa shape index (κ3) is 3.33. The molecule has 6 heteroatoms. The van der Waals surface area contributed by atoms with Gasteiger partial charge in [0.15, 0.2) is 0 Å². The predicted octanol–water partition coefficient (Wildman–Crippen LogP) is 3.26. The van der Waals surface area contributed by atoms with Crippen molar-refractivity contribution in [1.29, 1.82) is 0 Å². The number of hydrogen-bond donors (Lipinski definition) is 1. The van der Waals surface area contributed by atoms with E-state index in [1.54, 1.807) is 43.5 Å². The van der Waals surface area contributed by atoms with Gasteiger partial charge in [0.2, 0.25) is 0 Å². The first-order valence-corrected chi connectivity index (χ1v) is 7.88. The van der Waals surface area contributed by atoms with Gasteiger partial charge in [-0.15, -0.1) is 0 Å². The highest BCUT2D eigenvalue weighted by Gasteiger charge is 2.17. The second kappa shape index (κ2) is 5.30. The number of aryl methyl sites for hydroxylation is 2. The third-order valence-corrected chi connectivity index (χ3v) is 4.88. The van der Waals surface area contributed by atoms with Crippen molar-refractivity contribution in [1.82, 2.24) is 4.98 Å². The molecule has 1 aromatic heterocycles. The van der Waals surface area contributed by atoms with E-state index in [4.69, 9.17) is 0 Å². The van der Waals surface area contributed by atoms with Gasteiger partial charge in [0, 0.05) is 16.4 Å². The van der Waals surface area contributed by atoms with Gasteiger partial charge < -0.3 is 0 Å². The average molecular weight is 341 g/mol. The molecule has 1 aromatic carbocycles. The Morgan fingerprint density at radius 2 is 1.89 bits per heavy atom. The summed E-state index contributed by atoms with van der Waals surface area (Å²) in [6.07, 6.45) is 1.57. The maximum atomic E-state index is 12.3. The van der Waals surface area contributed by atoms with E-state index in [1.807, 2.05) is 6.92 Å². The Morgan fingerprint density at radius 1 is 1.16 bits per heavy atom. The lowest BCUT2D eigenvalue weighted by Crippen LogP contribution is -2.13. The van der Waals surface area contributed by atoms with Crippen LogP contribution in [0, 0.1) is 13.8 Å². The lowest BCUT2D eigenvalue weighted by atomic mass is 10.2. The van der Waals surface area contributed by atoms with Gasteiger partial charge in [0.25, 0.3) is 10.0 Å². The fraction of sp³-hybridized carbons (Fsp3) is 0.154. The van der Waals surface area contributed by atoms with Gasteiger partial charge in [-0.1, -0.05) is 6.07 Å². The van der Waals surface area contributed by atoms with E-state index in [9.17, 15) is 8.42 Å². The Bertz CT molecular complexity index is 714. The Balaban J connectivity index is 2.38. The number of nitrogens with zero attached hydrogens (tertiary/aromatic N) is 1. The van der Waals surface area contributed by atoms with Crippen LogP contribution in [0.2, 0.25) is 0 Å². The lowest BCUT2D eigenvalue weighted by Gasteiger charge is -2.10. The van der Waals surface area contributed by atoms with Gasteiger partial charge in [0.05, 0.1) is 5.69 Å². The number of aromatic nitrogens is 1. The molecular weight excluding hydrogens is 328 g/mol. The molecule has 2 aromatic rings. The summed E-state index contributed by atoms with van der Waals surface area (Å²) in [7, 11) is -3.60. The van der Waals surface area contributed by atoms with E-state index in [1.165, 1.54) is 0 Å². The van der Waals surface area contributed by atoms with E-state index < -0.39 is 10.0 Å². The molecule has 0 saturated heterocycles. The van der Waals surface area contributed by atoms with Crippen molar-refractivity contribution in [2.75, 3.05) is 4.72 Å². The van der Waals surface area contributed by atoms with Crippen molar-refractivity contribution in [2.24, 2.45) is 0 Å². The van der Waals surface area contributed by atoms with Crippen molar-refractivity contribution in [2.45, 2.75) is 18.7 Å². The molecule has 0 radical (unpaired) electrons. The van der Waals surface area contributed by atoms with Crippen molar-refractivity contribution >= 4 is 31.6 Å². The second-order valence-corrected chi connectivity index (χ2v) is 6.73. The molecule has 0 bridgehead atoms. The molecule has 2 rings (SSSR count). The van der Waals surface area contributed by atoms with Crippen LogP contribution in [0.25, 0.3) is 0 Å². The smallest absolute Gasteiger partial charge is 0.263 e. The predicted molar refractivity (Wildman–Crippen MR) is 78.7 cm³/mol. The topological polar surface area (TPSA) is 59.1 Å². The highest BCUT2D eigenvalue weighted by atomic mass is 79.9. The van der Waals surface area contributed by atoms with E-state index in [-0.39, 0.29) is 4.90 Å². The Hall–Kier alpha value is -1.40. The molecule has 0 unspecified atom stereocenters. The fourth-order valence-electron chi connectivity index (χ4n) is 1.64. The van der Waals surface area contributed by atoms with Gasteiger partial charge in [0.1, 0.15) is 4.90 Å². The molecule has 0 saturated carbocycles. The van der Waals surface area contributed by atoms with Crippen molar-refractivity contribution in [3.05, 3.63) is 52.3 Å². The highest BCUT2D eigenvalue weighted by Crippen LogP contribution is 2.25. The zero-order chi connectivity index (χ0) is 14.0. The van der Waals surface area contributed by atoms with Crippen molar-refractivity contribution in [3.8, 4) is 0 Å². The van der Waals surface area contributed by atoms with Gasteiger partial charge in [-0.25, -0.2) is 8.42 Å². The number of anilines is 1. The number of benzene rings is 1. The first kappa shape index (κ1) is 14.0. The molecule has 0 spiro atoms. The molecule has 0 fully saturated rings. The molecule has 1 N–H and O–H groups in total. The Labute approximate surface area is 121 Å². The SMILES string of the molecule is Cc1ccc(S(=O)(=O)Nc2ccnc(C)c2)c(Br)c1. The van der Waals surface area contributed by atoms with Crippen LogP contribution >= 0.6 is 15.9 Å². The molecule has 1 heterocycles. The van der Waals surface area contributed by atoms with Crippen LogP contribution in [0.3, 0.4) is 0 Å². The zero-order valence-corrected chi connectivity index (χ0v) is 12.9. The van der Waals surface area contributed by atoms with Crippen LogP contribution in [0.1, 0.15) is 11.3 Å². The Kier molecular flexibility index (Phi) is 3.91. The number of pyridine rings is 1. The van der Waals surface area contributed by atoms with Gasteiger partial charge in [-0.3, -0.25) is 9.71 Å². The molecule has 0 atom stereocenters. The van der Waals surface area contributed by atoms with Crippen LogP contribution in [0.4, 0.5) is 5.69 Å². The van der Waals surface area contributed by atoms with E-state index in [2.05, 4.69) is 25.6 Å². The highest BCUT2D eigenvalue weighted by molar-refractivity contribution is 9.10. The molecule has 0 aliphatic carbocycles. The zero-order valence-electron chi connectivity index (χ0n) is 10.5. The average Bonchev–Trinajstić information content (AvgIpc) is 2.27. The number of nitrogens with one attached hydrogen (secondary N) is 1. The van der Waals surface area contributed by atoms with Crippen LogP contribution in [0.5, 0.6) is 0 Å². The lowest BCUT2D eigenvalue weighted by molar-refractivity contribution is 0.600. The van der Waals surface area contributed by atoms with E-state index in [0.717, 1.165) is 11.3 Å². The molecular formula is C13H13BrN2O2S. The summed E-state index contributed by atoms with van der Waals surface area (Å²) in [5, 5.41) is 0. The third-order valence-electron chi connectivity index (χ3n) is 2.53. The van der Waals surface area contributed by atoms with Gasteiger partial charge >= 0.3 is 0 Å². The first-order valence-electron chi connectivity index (χ1n) is 5.60. The minimum absolute atomic E-state index is 0.215. The molecule has 100 valence electrons. The van der Waals surface area contributed by atoms with E-state index >= 15 is 0 Å². The fourth-order valence-corrected chi connectivity index (χ4v) is 3.89. The maximum Gasteiger partial charge on any atom is 0.263 e. The first-order chi connectivity index (χ1) is 8.88. The number of hydrogen-bond acceptors (Lipinski definition) is 3. The molecule has 0 aliphatic rings. The summed E-state index contributed by atoms with van der Waals surface area (Å²) in [5.74, 6) is 0. The standard InChI is InChI=1S/C13H13BrN2O2S/c1-9-3-4-13(12(14)7-9)19(17,18)16-11-5-6-15-10(2)8-11/h3-8H,1-2H3,(H,15,16). The van der Waals surface area contributed by atoms with Gasteiger partial charge in [-0.05, 0) is 59.6 Å². The summed E-state index contributed by atoms with van der Waals surface area (Å²) in [6, 6.07) is 8.41. The normalized spacial score (nSPS) is 11.3. The number of halogens is 1. The summed E-state index contributed by atoms with van der Waals surface area (Å²) < 4.78 is 27.7. The van der Waals surface area contributed by atoms with E-state index in [0.29, 0.717) is 10.2 Å². The molecule has 0 aliphatic heterocycles. The molecule has 19 heavy (non-hydrogen) atoms. The van der Waals surface area contributed by atoms with Crippen molar-refractivity contribution < 1.29 is 8.42 Å². The van der Waals surface area contributed by atoms with Gasteiger partial charge in [-0.2, -0.15) is 0 Å². The largest absolute Gasteiger partial charge is 0.279 e. The summed E-state index contributed by atoms with van der Waals surface area (Å²) in [5.41, 5.74) is 2.24. The van der Waals surface area contributed by atoms with Crippen molar-refractivity contribution in [3.63, 3.8) is 0 Å². The molecule has 0 amide bonds. The summed E-state index contributed by atoms with van der Waals surface area (Å²) in [4.78, 5) is 4.24. The monoisotopic (exact) mass is 340 g/mol. The van der Waals surface area contributed by atoms with Crippen LogP contribution in [-0.2, 0) is 10.0 Å². The summed E-state index contributed by atoms with van der Waals surface area (Å²) >= 11 is 3.28. The molecule has 4 nitrogen and oxygen atoms in total. The quantitative estimate of drug-likeness (QED) is 0.932. The Morgan fingerprint density at radius 3 is 2.53 bits per heavy atom. The second-order valence-electron chi connectivity index (χ2n) is 4.23. The van der Waals surface area contributed by atoms with Crippen LogP contribution in [-0.4, -0.2) is 13.4 Å². The number of sulfonamides is 1. The minimum Gasteiger partial charge on any atom is -0.279 e. The van der Waals surface area contributed by atoms with Crippen LogP contribution < -0.4 is 4.72 Å².